The van der Waals surface area contributed by atoms with E-state index in [1.165, 1.54) is 130 Å². The molecule has 0 fully saturated rings. The second-order valence-electron chi connectivity index (χ2n) is 17.1. The van der Waals surface area contributed by atoms with Gasteiger partial charge >= 0.3 is 0 Å². The van der Waals surface area contributed by atoms with Gasteiger partial charge in [-0.05, 0) is 128 Å². The third kappa shape index (κ3) is 4.67. The van der Waals surface area contributed by atoms with Gasteiger partial charge in [-0.2, -0.15) is 0 Å². The Morgan fingerprint density at radius 2 is 0.867 bits per heavy atom. The average Bonchev–Trinajstić information content (AvgIpc) is 3.78. The first-order valence-electron chi connectivity index (χ1n) is 21.0. The van der Waals surface area contributed by atoms with Crippen molar-refractivity contribution >= 4 is 85.4 Å². The first-order valence-corrected chi connectivity index (χ1v) is 21.8. The fraction of sp³-hybridized carbons (Fsp3) is 0.0508. The topological polar surface area (TPSA) is 0 Å². The molecule has 1 aromatic heterocycles. The quantitative estimate of drug-likeness (QED) is 0.157. The molecule has 0 atom stereocenters. The van der Waals surface area contributed by atoms with Crippen LogP contribution in [-0.4, -0.2) is 0 Å². The molecule has 13 rings (SSSR count). The monoisotopic (exact) mass is 778 g/mol. The summed E-state index contributed by atoms with van der Waals surface area (Å²) in [6.45, 7) is 4.74. The molecule has 11 aromatic carbocycles. The van der Waals surface area contributed by atoms with E-state index in [2.05, 4.69) is 208 Å². The molecular weight excluding hydrogens is 741 g/mol. The molecule has 12 aromatic rings. The van der Waals surface area contributed by atoms with Gasteiger partial charge in [0.25, 0.3) is 0 Å². The van der Waals surface area contributed by atoms with Gasteiger partial charge in [-0.3, -0.25) is 0 Å². The van der Waals surface area contributed by atoms with Gasteiger partial charge in [-0.15, -0.1) is 11.3 Å². The van der Waals surface area contributed by atoms with Gasteiger partial charge in [0.15, 0.2) is 0 Å². The number of fused-ring (bicyclic) bond motifs is 12. The molecule has 0 N–H and O–H groups in total. The molecule has 0 aliphatic heterocycles. The zero-order valence-electron chi connectivity index (χ0n) is 33.4. The lowest BCUT2D eigenvalue weighted by molar-refractivity contribution is 0.661. The largest absolute Gasteiger partial charge is 0.135 e. The molecule has 0 saturated heterocycles. The van der Waals surface area contributed by atoms with Gasteiger partial charge < -0.3 is 0 Å². The molecule has 280 valence electrons. The van der Waals surface area contributed by atoms with Crippen molar-refractivity contribution in [1.29, 1.82) is 0 Å². The maximum absolute atomic E-state index is 2.48. The molecule has 1 heterocycles. The minimum atomic E-state index is -0.00721. The Kier molecular flexibility index (Phi) is 7.04. The van der Waals surface area contributed by atoms with E-state index >= 15 is 0 Å². The Morgan fingerprint density at radius 3 is 1.60 bits per heavy atom. The molecule has 60 heavy (non-hydrogen) atoms. The van der Waals surface area contributed by atoms with E-state index in [4.69, 9.17) is 0 Å². The first-order chi connectivity index (χ1) is 29.5. The highest BCUT2D eigenvalue weighted by Crippen LogP contribution is 2.52. The van der Waals surface area contributed by atoms with Crippen molar-refractivity contribution in [2.45, 2.75) is 19.3 Å². The standard InChI is InChI=1S/C59H38S/c1-59(2)53-25-12-11-19-43(53)51-33-52-50-29-27-37-32-36(26-28-40(37)58(50)60-55(52)34-54(51)59)39-30-31-49(42-18-6-5-17-41(39)42)57-47-22-9-7-20-45(47)56(46-21-8-10-23-48(46)57)44-24-13-15-35-14-3-4-16-38(35)44/h3-34H,1-2H3. The van der Waals surface area contributed by atoms with Gasteiger partial charge in [0, 0.05) is 25.6 Å². The minimum Gasteiger partial charge on any atom is -0.135 e. The van der Waals surface area contributed by atoms with Crippen LogP contribution in [0.5, 0.6) is 0 Å². The van der Waals surface area contributed by atoms with Crippen molar-refractivity contribution in [2.75, 3.05) is 0 Å². The molecule has 0 nitrogen and oxygen atoms in total. The molecule has 1 aliphatic rings. The summed E-state index contributed by atoms with van der Waals surface area (Å²) in [5.41, 5.74) is 13.2. The average molecular weight is 779 g/mol. The molecule has 0 bridgehead atoms. The van der Waals surface area contributed by atoms with E-state index in [1.807, 2.05) is 11.3 Å². The summed E-state index contributed by atoms with van der Waals surface area (Å²) in [5.74, 6) is 0. The lowest BCUT2D eigenvalue weighted by Crippen LogP contribution is -2.14. The Bertz CT molecular complexity index is 3740. The molecule has 0 radical (unpaired) electrons. The number of benzene rings is 11. The van der Waals surface area contributed by atoms with Crippen LogP contribution in [0, 0.1) is 0 Å². The fourth-order valence-corrected chi connectivity index (χ4v) is 12.1. The normalized spacial score (nSPS) is 13.3. The third-order valence-corrected chi connectivity index (χ3v) is 14.9. The maximum Gasteiger partial charge on any atom is 0.0433 e. The van der Waals surface area contributed by atoms with Crippen LogP contribution < -0.4 is 0 Å². The van der Waals surface area contributed by atoms with Crippen LogP contribution in [0.4, 0.5) is 0 Å². The highest BCUT2D eigenvalue weighted by atomic mass is 32.1. The van der Waals surface area contributed by atoms with E-state index in [0.29, 0.717) is 0 Å². The Balaban J connectivity index is 0.985. The Morgan fingerprint density at radius 1 is 0.317 bits per heavy atom. The SMILES string of the molecule is CC1(C)c2ccccc2-c2cc3c(cc21)sc1c2ccc(-c4ccc(-c5c6ccccc6c(-c6cccc7ccccc67)c6ccccc56)c5ccccc45)cc2ccc31. The molecule has 0 unspecified atom stereocenters. The Labute approximate surface area is 352 Å². The van der Waals surface area contributed by atoms with Gasteiger partial charge in [0.2, 0.25) is 0 Å². The number of thiophene rings is 1. The second kappa shape index (κ2) is 12.5. The lowest BCUT2D eigenvalue weighted by Gasteiger charge is -2.21. The van der Waals surface area contributed by atoms with Crippen LogP contribution in [0.2, 0.25) is 0 Å². The van der Waals surface area contributed by atoms with E-state index in [9.17, 15) is 0 Å². The Hall–Kier alpha value is -7.06. The number of hydrogen-bond donors (Lipinski definition) is 0. The summed E-state index contributed by atoms with van der Waals surface area (Å²) in [4.78, 5) is 0. The van der Waals surface area contributed by atoms with Crippen molar-refractivity contribution in [3.8, 4) is 44.5 Å². The molecule has 0 spiro atoms. The van der Waals surface area contributed by atoms with E-state index < -0.39 is 0 Å². The number of hydrogen-bond acceptors (Lipinski definition) is 1. The zero-order chi connectivity index (χ0) is 39.7. The van der Waals surface area contributed by atoms with Crippen LogP contribution in [-0.2, 0) is 5.41 Å². The van der Waals surface area contributed by atoms with Crippen molar-refractivity contribution in [3.05, 3.63) is 205 Å². The lowest BCUT2D eigenvalue weighted by atomic mass is 9.82. The molecule has 0 amide bonds. The van der Waals surface area contributed by atoms with Crippen LogP contribution in [0.3, 0.4) is 0 Å². The highest BCUT2D eigenvalue weighted by molar-refractivity contribution is 7.26. The molecular formula is C59H38S. The van der Waals surface area contributed by atoms with Gasteiger partial charge in [-0.25, -0.2) is 0 Å². The van der Waals surface area contributed by atoms with Gasteiger partial charge in [0.1, 0.15) is 0 Å². The summed E-state index contributed by atoms with van der Waals surface area (Å²) < 4.78 is 2.74. The first kappa shape index (κ1) is 33.9. The molecule has 1 aliphatic carbocycles. The minimum absolute atomic E-state index is 0.00721. The highest BCUT2D eigenvalue weighted by Gasteiger charge is 2.35. The fourth-order valence-electron chi connectivity index (χ4n) is 10.8. The molecule has 1 heteroatoms. The summed E-state index contributed by atoms with van der Waals surface area (Å²) >= 11 is 1.94. The second-order valence-corrected chi connectivity index (χ2v) is 18.2. The van der Waals surface area contributed by atoms with Crippen molar-refractivity contribution in [3.63, 3.8) is 0 Å². The predicted octanol–water partition coefficient (Wildman–Crippen LogP) is 17.1. The van der Waals surface area contributed by atoms with E-state index in [-0.39, 0.29) is 5.41 Å². The summed E-state index contributed by atoms with van der Waals surface area (Å²) in [6.07, 6.45) is 0. The summed E-state index contributed by atoms with van der Waals surface area (Å²) in [7, 11) is 0. The maximum atomic E-state index is 2.48. The number of rotatable bonds is 3. The van der Waals surface area contributed by atoms with E-state index in [0.717, 1.165) is 0 Å². The van der Waals surface area contributed by atoms with Crippen LogP contribution in [0.15, 0.2) is 194 Å². The van der Waals surface area contributed by atoms with Crippen LogP contribution >= 0.6 is 11.3 Å². The summed E-state index contributed by atoms with van der Waals surface area (Å²) in [5, 5.41) is 15.5. The predicted molar refractivity (Wildman–Crippen MR) is 261 cm³/mol. The smallest absolute Gasteiger partial charge is 0.0433 e. The summed E-state index contributed by atoms with van der Waals surface area (Å²) in [6, 6.07) is 73.0. The zero-order valence-corrected chi connectivity index (χ0v) is 34.2. The van der Waals surface area contributed by atoms with Crippen LogP contribution in [0.25, 0.3) is 119 Å². The van der Waals surface area contributed by atoms with Gasteiger partial charge in [-0.1, -0.05) is 190 Å². The van der Waals surface area contributed by atoms with Crippen molar-refractivity contribution < 1.29 is 0 Å². The molecule has 0 saturated carbocycles. The van der Waals surface area contributed by atoms with Crippen molar-refractivity contribution in [2.24, 2.45) is 0 Å². The van der Waals surface area contributed by atoms with E-state index in [1.54, 1.807) is 0 Å². The van der Waals surface area contributed by atoms with Crippen LogP contribution in [0.1, 0.15) is 25.0 Å². The third-order valence-electron chi connectivity index (χ3n) is 13.7. The van der Waals surface area contributed by atoms with Gasteiger partial charge in [0.05, 0.1) is 0 Å². The van der Waals surface area contributed by atoms with Crippen molar-refractivity contribution in [1.82, 2.24) is 0 Å².